The first kappa shape index (κ1) is 19.0. The van der Waals surface area contributed by atoms with E-state index in [1.165, 1.54) is 10.7 Å². The summed E-state index contributed by atoms with van der Waals surface area (Å²) in [7, 11) is 0. The maximum absolute atomic E-state index is 13.0. The van der Waals surface area contributed by atoms with Gasteiger partial charge < -0.3 is 4.90 Å². The summed E-state index contributed by atoms with van der Waals surface area (Å²) in [5, 5.41) is 10.9. The lowest BCUT2D eigenvalue weighted by molar-refractivity contribution is -0.144. The van der Waals surface area contributed by atoms with E-state index >= 15 is 0 Å². The third kappa shape index (κ3) is 3.21. The first-order valence-electron chi connectivity index (χ1n) is 10.1. The number of aromatic amines is 1. The molecule has 4 heterocycles. The molecule has 3 aromatic heterocycles. The molecule has 158 valence electrons. The SMILES string of the molecule is O=C(c1n[nH]c2c1CCCC2)N1CCC(c2ccnc3nc(C(F)(F)F)nn23)CC1. The van der Waals surface area contributed by atoms with Crippen LogP contribution in [-0.4, -0.2) is 53.7 Å². The van der Waals surface area contributed by atoms with Crippen molar-refractivity contribution in [2.45, 2.75) is 50.6 Å². The van der Waals surface area contributed by atoms with Gasteiger partial charge in [-0.1, -0.05) is 0 Å². The van der Waals surface area contributed by atoms with Crippen molar-refractivity contribution in [3.63, 3.8) is 0 Å². The van der Waals surface area contributed by atoms with Crippen molar-refractivity contribution in [1.29, 1.82) is 0 Å². The second-order valence-electron chi connectivity index (χ2n) is 7.82. The van der Waals surface area contributed by atoms with E-state index in [2.05, 4.69) is 25.3 Å². The number of rotatable bonds is 2. The molecule has 0 bridgehead atoms. The van der Waals surface area contributed by atoms with Crippen molar-refractivity contribution >= 4 is 11.7 Å². The van der Waals surface area contributed by atoms with Gasteiger partial charge in [-0.05, 0) is 44.6 Å². The minimum atomic E-state index is -4.62. The quantitative estimate of drug-likeness (QED) is 0.690. The van der Waals surface area contributed by atoms with E-state index in [-0.39, 0.29) is 17.6 Å². The van der Waals surface area contributed by atoms with Gasteiger partial charge in [-0.25, -0.2) is 9.50 Å². The highest BCUT2D eigenvalue weighted by Crippen LogP contribution is 2.31. The van der Waals surface area contributed by atoms with Crippen LogP contribution in [0.4, 0.5) is 13.2 Å². The fraction of sp³-hybridized carbons (Fsp3) is 0.526. The topological polar surface area (TPSA) is 92.1 Å². The van der Waals surface area contributed by atoms with Crippen LogP contribution in [0.3, 0.4) is 0 Å². The average Bonchev–Trinajstić information content (AvgIpc) is 3.37. The molecule has 0 saturated carbocycles. The Morgan fingerprint density at radius 1 is 1.17 bits per heavy atom. The summed E-state index contributed by atoms with van der Waals surface area (Å²) in [6.07, 6.45) is 2.03. The molecule has 0 atom stereocenters. The second-order valence-corrected chi connectivity index (χ2v) is 7.82. The number of nitrogens with one attached hydrogen (secondary N) is 1. The van der Waals surface area contributed by atoms with Crippen molar-refractivity contribution < 1.29 is 18.0 Å². The Balaban J connectivity index is 1.33. The van der Waals surface area contributed by atoms with Crippen molar-refractivity contribution in [2.75, 3.05) is 13.1 Å². The van der Waals surface area contributed by atoms with Gasteiger partial charge in [-0.15, -0.1) is 5.10 Å². The number of halogens is 3. The van der Waals surface area contributed by atoms with Crippen LogP contribution in [0.25, 0.3) is 5.78 Å². The van der Waals surface area contributed by atoms with Gasteiger partial charge >= 0.3 is 6.18 Å². The molecule has 0 aromatic carbocycles. The number of aryl methyl sites for hydroxylation is 1. The summed E-state index contributed by atoms with van der Waals surface area (Å²) in [6.45, 7) is 1.02. The third-order valence-corrected chi connectivity index (χ3v) is 5.98. The molecule has 0 unspecified atom stereocenters. The molecule has 3 aromatic rings. The predicted molar refractivity (Wildman–Crippen MR) is 98.9 cm³/mol. The van der Waals surface area contributed by atoms with Crippen LogP contribution in [0.15, 0.2) is 12.3 Å². The molecule has 8 nitrogen and oxygen atoms in total. The number of hydrogen-bond donors (Lipinski definition) is 1. The molecule has 5 rings (SSSR count). The van der Waals surface area contributed by atoms with Crippen LogP contribution in [0, 0.1) is 0 Å². The number of alkyl halides is 3. The Kier molecular flexibility index (Phi) is 4.48. The van der Waals surface area contributed by atoms with E-state index < -0.39 is 12.0 Å². The number of fused-ring (bicyclic) bond motifs is 2. The van der Waals surface area contributed by atoms with Crippen molar-refractivity contribution in [3.05, 3.63) is 40.7 Å². The highest BCUT2D eigenvalue weighted by molar-refractivity contribution is 5.94. The molecule has 1 N–H and O–H groups in total. The van der Waals surface area contributed by atoms with Crippen LogP contribution in [0.2, 0.25) is 0 Å². The van der Waals surface area contributed by atoms with E-state index in [1.807, 2.05) is 0 Å². The third-order valence-electron chi connectivity index (χ3n) is 5.98. The van der Waals surface area contributed by atoms with Gasteiger partial charge in [0.15, 0.2) is 5.69 Å². The minimum absolute atomic E-state index is 0.0320. The van der Waals surface area contributed by atoms with Gasteiger partial charge in [0.2, 0.25) is 0 Å². The van der Waals surface area contributed by atoms with E-state index in [9.17, 15) is 18.0 Å². The normalized spacial score (nSPS) is 18.0. The Morgan fingerprint density at radius 2 is 1.93 bits per heavy atom. The Labute approximate surface area is 169 Å². The maximum Gasteiger partial charge on any atom is 0.453 e. The van der Waals surface area contributed by atoms with Gasteiger partial charge in [0.25, 0.3) is 17.5 Å². The standard InChI is InChI=1S/C19H20F3N7O/c20-19(21,22)17-24-18-23-8-5-14(29(18)27-17)11-6-9-28(10-7-11)16(30)15-12-3-1-2-4-13(12)25-26-15/h5,8,11H,1-4,6-7,9-10H2,(H,25,26). The van der Waals surface area contributed by atoms with E-state index in [4.69, 9.17) is 0 Å². The fourth-order valence-electron chi connectivity index (χ4n) is 4.43. The first-order valence-corrected chi connectivity index (χ1v) is 10.1. The Hall–Kier alpha value is -2.98. The van der Waals surface area contributed by atoms with Crippen molar-refractivity contribution in [2.24, 2.45) is 0 Å². The smallest absolute Gasteiger partial charge is 0.337 e. The molecule has 11 heteroatoms. The van der Waals surface area contributed by atoms with Gasteiger partial charge in [0.05, 0.1) is 5.69 Å². The van der Waals surface area contributed by atoms with Gasteiger partial charge in [0, 0.05) is 36.5 Å². The second kappa shape index (κ2) is 7.06. The van der Waals surface area contributed by atoms with Crippen LogP contribution in [0.5, 0.6) is 0 Å². The minimum Gasteiger partial charge on any atom is -0.337 e. The summed E-state index contributed by atoms with van der Waals surface area (Å²) in [4.78, 5) is 22.2. The molecule has 1 amide bonds. The number of carbonyl (C=O) groups excluding carboxylic acids is 1. The first-order chi connectivity index (χ1) is 14.4. The average molecular weight is 419 g/mol. The van der Waals surface area contributed by atoms with Crippen LogP contribution in [0.1, 0.15) is 64.9 Å². The van der Waals surface area contributed by atoms with E-state index in [0.29, 0.717) is 37.3 Å². The number of nitrogens with zero attached hydrogens (tertiary/aromatic N) is 6. The van der Waals surface area contributed by atoms with Gasteiger partial charge in [0.1, 0.15) is 0 Å². The number of piperidine rings is 1. The molecular weight excluding hydrogens is 399 g/mol. The largest absolute Gasteiger partial charge is 0.453 e. The Bertz CT molecular complexity index is 1100. The fourth-order valence-corrected chi connectivity index (χ4v) is 4.43. The predicted octanol–water partition coefficient (Wildman–Crippen LogP) is 2.76. The molecule has 1 aliphatic heterocycles. The summed E-state index contributed by atoms with van der Waals surface area (Å²) in [5.74, 6) is -1.37. The Morgan fingerprint density at radius 3 is 2.70 bits per heavy atom. The monoisotopic (exact) mass is 419 g/mol. The van der Waals surface area contributed by atoms with Crippen molar-refractivity contribution in [3.8, 4) is 0 Å². The summed E-state index contributed by atoms with van der Waals surface area (Å²) in [6, 6.07) is 1.67. The molecule has 1 saturated heterocycles. The summed E-state index contributed by atoms with van der Waals surface area (Å²) in [5.41, 5.74) is 3.24. The highest BCUT2D eigenvalue weighted by Gasteiger charge is 2.37. The van der Waals surface area contributed by atoms with Crippen LogP contribution in [-0.2, 0) is 19.0 Å². The molecule has 1 aliphatic carbocycles. The molecule has 0 radical (unpaired) electrons. The van der Waals surface area contributed by atoms with E-state index in [0.717, 1.165) is 36.9 Å². The molecule has 30 heavy (non-hydrogen) atoms. The van der Waals surface area contributed by atoms with Crippen molar-refractivity contribution in [1.82, 2.24) is 34.7 Å². The van der Waals surface area contributed by atoms with E-state index in [1.54, 1.807) is 11.0 Å². The van der Waals surface area contributed by atoms with Gasteiger partial charge in [-0.3, -0.25) is 9.89 Å². The highest BCUT2D eigenvalue weighted by atomic mass is 19.4. The lowest BCUT2D eigenvalue weighted by Gasteiger charge is -2.32. The number of amides is 1. The molecule has 0 spiro atoms. The molecular formula is C19H20F3N7O. The molecule has 1 fully saturated rings. The maximum atomic E-state index is 13.0. The zero-order chi connectivity index (χ0) is 20.9. The summed E-state index contributed by atoms with van der Waals surface area (Å²) < 4.78 is 40.1. The number of aromatic nitrogens is 6. The zero-order valence-corrected chi connectivity index (χ0v) is 16.1. The lowest BCUT2D eigenvalue weighted by atomic mass is 9.92. The zero-order valence-electron chi connectivity index (χ0n) is 16.1. The number of H-pyrrole nitrogens is 1. The molecule has 2 aliphatic rings. The van der Waals surface area contributed by atoms with Gasteiger partial charge in [-0.2, -0.15) is 23.3 Å². The number of hydrogen-bond acceptors (Lipinski definition) is 5. The van der Waals surface area contributed by atoms with Crippen LogP contribution < -0.4 is 0 Å². The number of likely N-dealkylation sites (tertiary alicyclic amines) is 1. The number of carbonyl (C=O) groups is 1. The summed E-state index contributed by atoms with van der Waals surface area (Å²) >= 11 is 0. The van der Waals surface area contributed by atoms with Crippen LogP contribution >= 0.6 is 0 Å². The lowest BCUT2D eigenvalue weighted by Crippen LogP contribution is -2.39.